The van der Waals surface area contributed by atoms with Gasteiger partial charge in [0.1, 0.15) is 18.5 Å². The van der Waals surface area contributed by atoms with E-state index >= 15 is 0 Å². The summed E-state index contributed by atoms with van der Waals surface area (Å²) in [6.07, 6.45) is 2.74. The number of esters is 2. The maximum Gasteiger partial charge on any atom is 0.337 e. The van der Waals surface area contributed by atoms with Crippen molar-refractivity contribution in [2.45, 2.75) is 18.9 Å². The number of β-amino-alcohol motifs (C(OH)–C–C–N with tert-alkyl or cyclic N) is 1. The third-order valence-electron chi connectivity index (χ3n) is 7.51. The maximum absolute atomic E-state index is 12.0. The van der Waals surface area contributed by atoms with Crippen LogP contribution >= 0.6 is 0 Å². The fraction of sp³-hybridized carbons (Fsp3) is 0.265. The zero-order chi connectivity index (χ0) is 29.5. The largest absolute Gasteiger partial charge is 0.490 e. The van der Waals surface area contributed by atoms with Crippen LogP contribution in [0.5, 0.6) is 5.75 Å². The number of aliphatic hydroxyl groups is 1. The van der Waals surface area contributed by atoms with Crippen LogP contribution in [-0.4, -0.2) is 73.5 Å². The van der Waals surface area contributed by atoms with Crippen molar-refractivity contribution in [1.29, 1.82) is 0 Å². The van der Waals surface area contributed by atoms with Crippen molar-refractivity contribution in [3.05, 3.63) is 113 Å². The van der Waals surface area contributed by atoms with E-state index in [0.717, 1.165) is 53.5 Å². The number of methoxy groups -OCH3 is 2. The molecule has 0 saturated carbocycles. The molecule has 4 aromatic rings. The van der Waals surface area contributed by atoms with Gasteiger partial charge in [-0.2, -0.15) is 0 Å². The Balaban J connectivity index is 1.29. The van der Waals surface area contributed by atoms with E-state index in [1.54, 1.807) is 30.5 Å². The van der Waals surface area contributed by atoms with Gasteiger partial charge in [0.05, 0.1) is 30.9 Å². The van der Waals surface area contributed by atoms with E-state index < -0.39 is 6.10 Å². The molecular formula is C34H34N2O6. The fourth-order valence-electron chi connectivity index (χ4n) is 5.35. The van der Waals surface area contributed by atoms with Gasteiger partial charge in [0.15, 0.2) is 0 Å². The first kappa shape index (κ1) is 29.0. The molecule has 3 aromatic carbocycles. The van der Waals surface area contributed by atoms with Crippen molar-refractivity contribution >= 4 is 28.4 Å². The minimum atomic E-state index is -0.640. The smallest absolute Gasteiger partial charge is 0.337 e. The van der Waals surface area contributed by atoms with Crippen LogP contribution in [0, 0.1) is 0 Å². The Morgan fingerprint density at radius 3 is 1.95 bits per heavy atom. The van der Waals surface area contributed by atoms with E-state index in [1.807, 2.05) is 54.6 Å². The molecule has 8 nitrogen and oxygen atoms in total. The van der Waals surface area contributed by atoms with Gasteiger partial charge in [-0.15, -0.1) is 0 Å². The van der Waals surface area contributed by atoms with E-state index in [0.29, 0.717) is 23.4 Å². The summed E-state index contributed by atoms with van der Waals surface area (Å²) in [7, 11) is 2.73. The second kappa shape index (κ2) is 13.4. The van der Waals surface area contributed by atoms with E-state index in [-0.39, 0.29) is 18.5 Å². The summed E-state index contributed by atoms with van der Waals surface area (Å²) >= 11 is 0. The fourth-order valence-corrected chi connectivity index (χ4v) is 5.35. The first-order chi connectivity index (χ1) is 20.5. The number of aliphatic hydroxyl groups excluding tert-OH is 1. The summed E-state index contributed by atoms with van der Waals surface area (Å²) in [5.41, 5.74) is 6.14. The van der Waals surface area contributed by atoms with E-state index in [4.69, 9.17) is 14.2 Å². The Morgan fingerprint density at radius 1 is 0.810 bits per heavy atom. The molecule has 1 unspecified atom stereocenters. The van der Waals surface area contributed by atoms with Crippen LogP contribution in [0.1, 0.15) is 44.7 Å². The Hall–Kier alpha value is -4.53. The van der Waals surface area contributed by atoms with Gasteiger partial charge in [0.25, 0.3) is 0 Å². The summed E-state index contributed by atoms with van der Waals surface area (Å²) in [5, 5.41) is 11.7. The summed E-state index contributed by atoms with van der Waals surface area (Å²) in [4.78, 5) is 30.6. The third-order valence-corrected chi connectivity index (χ3v) is 7.51. The molecule has 0 amide bonds. The number of carbonyl (C=O) groups is 2. The van der Waals surface area contributed by atoms with Crippen molar-refractivity contribution < 1.29 is 28.9 Å². The number of rotatable bonds is 9. The molecule has 5 rings (SSSR count). The Labute approximate surface area is 245 Å². The zero-order valence-electron chi connectivity index (χ0n) is 23.8. The molecule has 0 aliphatic carbocycles. The highest BCUT2D eigenvalue weighted by Crippen LogP contribution is 2.33. The average molecular weight is 567 g/mol. The number of nitrogens with zero attached hydrogens (tertiary/aromatic N) is 2. The van der Waals surface area contributed by atoms with Gasteiger partial charge in [-0.25, -0.2) is 9.59 Å². The first-order valence-corrected chi connectivity index (χ1v) is 13.9. The number of fused-ring (bicyclic) bond motifs is 1. The summed E-state index contributed by atoms with van der Waals surface area (Å²) in [5.74, 6) is -0.0538. The number of hydrogen-bond acceptors (Lipinski definition) is 8. The van der Waals surface area contributed by atoms with Crippen LogP contribution in [0.2, 0.25) is 0 Å². The normalized spacial score (nSPS) is 14.3. The molecule has 216 valence electrons. The number of ether oxygens (including phenoxy) is 3. The Bertz CT molecular complexity index is 1500. The van der Waals surface area contributed by atoms with Crippen molar-refractivity contribution in [2.24, 2.45) is 0 Å². The van der Waals surface area contributed by atoms with Gasteiger partial charge >= 0.3 is 11.9 Å². The van der Waals surface area contributed by atoms with Gasteiger partial charge < -0.3 is 19.3 Å². The number of carbonyl (C=O) groups excluding carboxylic acids is 2. The number of piperidine rings is 1. The molecule has 1 atom stereocenters. The van der Waals surface area contributed by atoms with Crippen molar-refractivity contribution in [1.82, 2.24) is 9.88 Å². The van der Waals surface area contributed by atoms with E-state index in [9.17, 15) is 14.7 Å². The van der Waals surface area contributed by atoms with Crippen LogP contribution < -0.4 is 4.74 Å². The predicted molar refractivity (Wildman–Crippen MR) is 161 cm³/mol. The van der Waals surface area contributed by atoms with Crippen molar-refractivity contribution in [3.63, 3.8) is 0 Å². The van der Waals surface area contributed by atoms with Crippen LogP contribution in [0.15, 0.2) is 90.6 Å². The van der Waals surface area contributed by atoms with Crippen LogP contribution in [0.25, 0.3) is 16.5 Å². The Morgan fingerprint density at radius 2 is 1.38 bits per heavy atom. The lowest BCUT2D eigenvalue weighted by molar-refractivity contribution is 0.0592. The van der Waals surface area contributed by atoms with Gasteiger partial charge in [-0.05, 0) is 78.1 Å². The SMILES string of the molecule is COC(=O)c1ccc(C(=C2CCN(CC(O)COc3cccc4ncccc34)CC2)c2ccc(C(=O)OC)cc2)cc1. The molecule has 1 fully saturated rings. The molecular weight excluding hydrogens is 532 g/mol. The quantitative estimate of drug-likeness (QED) is 0.278. The van der Waals surface area contributed by atoms with E-state index in [1.165, 1.54) is 19.8 Å². The molecule has 8 heteroatoms. The lowest BCUT2D eigenvalue weighted by atomic mass is 9.87. The van der Waals surface area contributed by atoms with Gasteiger partial charge in [-0.1, -0.05) is 35.9 Å². The average Bonchev–Trinajstić information content (AvgIpc) is 3.04. The first-order valence-electron chi connectivity index (χ1n) is 13.9. The number of benzene rings is 3. The molecule has 0 radical (unpaired) electrons. The minimum Gasteiger partial charge on any atom is -0.490 e. The minimum absolute atomic E-state index is 0.192. The van der Waals surface area contributed by atoms with Crippen LogP contribution in [0.3, 0.4) is 0 Å². The molecule has 2 heterocycles. The number of hydrogen-bond donors (Lipinski definition) is 1. The lowest BCUT2D eigenvalue weighted by Crippen LogP contribution is -2.39. The zero-order valence-corrected chi connectivity index (χ0v) is 23.8. The van der Waals surface area contributed by atoms with Crippen molar-refractivity contribution in [2.75, 3.05) is 40.5 Å². The van der Waals surface area contributed by atoms with Gasteiger partial charge in [0.2, 0.25) is 0 Å². The number of likely N-dealkylation sites (tertiary alicyclic amines) is 1. The standard InChI is InChI=1S/C34H34N2O6/c1-40-33(38)26-12-8-23(9-13-26)32(24-10-14-27(15-11-24)34(39)41-2)25-16-19-36(20-17-25)21-28(37)22-42-31-7-3-6-30-29(31)5-4-18-35-30/h3-15,18,28,37H,16-17,19-22H2,1-2H3. The summed E-state index contributed by atoms with van der Waals surface area (Å²) in [6.45, 7) is 2.27. The molecule has 42 heavy (non-hydrogen) atoms. The Kier molecular flexibility index (Phi) is 9.26. The number of pyridine rings is 1. The van der Waals surface area contributed by atoms with Crippen LogP contribution in [0.4, 0.5) is 0 Å². The maximum atomic E-state index is 12.0. The molecule has 0 bridgehead atoms. The topological polar surface area (TPSA) is 98.2 Å². The monoisotopic (exact) mass is 566 g/mol. The van der Waals surface area contributed by atoms with Gasteiger partial charge in [0, 0.05) is 31.2 Å². The summed E-state index contributed by atoms with van der Waals surface area (Å²) < 4.78 is 15.7. The molecule has 1 aliphatic rings. The number of aromatic nitrogens is 1. The predicted octanol–water partition coefficient (Wildman–Crippen LogP) is 5.15. The molecule has 0 spiro atoms. The lowest BCUT2D eigenvalue weighted by Gasteiger charge is -2.31. The molecule has 1 aromatic heterocycles. The summed E-state index contributed by atoms with van der Waals surface area (Å²) in [6, 6.07) is 24.4. The second-order valence-corrected chi connectivity index (χ2v) is 10.2. The highest BCUT2D eigenvalue weighted by molar-refractivity contribution is 5.92. The molecule has 1 saturated heterocycles. The highest BCUT2D eigenvalue weighted by Gasteiger charge is 2.22. The second-order valence-electron chi connectivity index (χ2n) is 10.2. The van der Waals surface area contributed by atoms with Crippen LogP contribution in [-0.2, 0) is 9.47 Å². The third kappa shape index (κ3) is 6.67. The van der Waals surface area contributed by atoms with Crippen molar-refractivity contribution in [3.8, 4) is 5.75 Å². The molecule has 1 N–H and O–H groups in total. The van der Waals surface area contributed by atoms with E-state index in [2.05, 4.69) is 9.88 Å². The molecule has 1 aliphatic heterocycles. The highest BCUT2D eigenvalue weighted by atomic mass is 16.5. The van der Waals surface area contributed by atoms with Gasteiger partial charge in [-0.3, -0.25) is 9.88 Å².